The third-order valence-corrected chi connectivity index (χ3v) is 4.15. The first-order valence-electron chi connectivity index (χ1n) is 7.14. The van der Waals surface area contributed by atoms with Crippen molar-refractivity contribution in [1.82, 2.24) is 0 Å². The summed E-state index contributed by atoms with van der Waals surface area (Å²) in [6.07, 6.45) is 2.37. The predicted molar refractivity (Wildman–Crippen MR) is 80.6 cm³/mol. The number of nitrogens with one attached hydrogen (secondary N) is 1. The van der Waals surface area contributed by atoms with Gasteiger partial charge in [-0.1, -0.05) is 12.2 Å². The largest absolute Gasteiger partial charge is 0.497 e. The number of ether oxygens (including phenoxy) is 3. The van der Waals surface area contributed by atoms with E-state index in [9.17, 15) is 14.7 Å². The van der Waals surface area contributed by atoms with Gasteiger partial charge >= 0.3 is 5.97 Å². The van der Waals surface area contributed by atoms with Crippen LogP contribution in [-0.4, -0.2) is 43.4 Å². The van der Waals surface area contributed by atoms with Crippen molar-refractivity contribution in [3.05, 3.63) is 30.4 Å². The molecule has 1 amide bonds. The lowest BCUT2D eigenvalue weighted by Crippen LogP contribution is -2.39. The van der Waals surface area contributed by atoms with Crippen molar-refractivity contribution < 1.29 is 28.9 Å². The average molecular weight is 319 g/mol. The molecule has 2 heterocycles. The Bertz CT molecular complexity index is 671. The molecule has 0 saturated carbocycles. The van der Waals surface area contributed by atoms with Crippen LogP contribution in [0.2, 0.25) is 0 Å². The van der Waals surface area contributed by atoms with E-state index < -0.39 is 35.9 Å². The molecule has 7 nitrogen and oxygen atoms in total. The number of amides is 1. The molecule has 0 aliphatic carbocycles. The number of carboxylic acid groups (broad SMARTS) is 1. The van der Waals surface area contributed by atoms with Crippen LogP contribution in [0.4, 0.5) is 5.69 Å². The van der Waals surface area contributed by atoms with Crippen molar-refractivity contribution in [3.63, 3.8) is 0 Å². The number of benzene rings is 1. The number of hydrogen-bond donors (Lipinski definition) is 2. The molecule has 4 atom stereocenters. The van der Waals surface area contributed by atoms with E-state index >= 15 is 0 Å². The Morgan fingerprint density at radius 3 is 2.43 bits per heavy atom. The fourth-order valence-corrected chi connectivity index (χ4v) is 3.03. The van der Waals surface area contributed by atoms with Gasteiger partial charge in [-0.15, -0.1) is 0 Å². The van der Waals surface area contributed by atoms with E-state index in [1.54, 1.807) is 30.4 Å². The maximum absolute atomic E-state index is 12.6. The first kappa shape index (κ1) is 15.4. The van der Waals surface area contributed by atoms with Crippen LogP contribution in [0.5, 0.6) is 11.5 Å². The highest BCUT2D eigenvalue weighted by molar-refractivity contribution is 5.97. The molecule has 23 heavy (non-hydrogen) atoms. The molecule has 1 saturated heterocycles. The van der Waals surface area contributed by atoms with Crippen LogP contribution in [0.15, 0.2) is 30.4 Å². The van der Waals surface area contributed by atoms with Gasteiger partial charge in [0.2, 0.25) is 5.91 Å². The fourth-order valence-electron chi connectivity index (χ4n) is 3.03. The number of carboxylic acids is 1. The molecule has 2 N–H and O–H groups in total. The van der Waals surface area contributed by atoms with Crippen LogP contribution < -0.4 is 14.8 Å². The van der Waals surface area contributed by atoms with Gasteiger partial charge in [0.15, 0.2) is 0 Å². The van der Waals surface area contributed by atoms with E-state index in [2.05, 4.69) is 5.32 Å². The number of rotatable bonds is 5. The molecule has 0 aromatic heterocycles. The highest BCUT2D eigenvalue weighted by Crippen LogP contribution is 2.40. The van der Waals surface area contributed by atoms with E-state index in [1.807, 2.05) is 0 Å². The van der Waals surface area contributed by atoms with E-state index in [0.717, 1.165) is 0 Å². The number of anilines is 1. The minimum Gasteiger partial charge on any atom is -0.497 e. The minimum absolute atomic E-state index is 0.405. The second kappa shape index (κ2) is 5.92. The van der Waals surface area contributed by atoms with Gasteiger partial charge in [-0.05, 0) is 12.1 Å². The number of carbonyl (C=O) groups is 2. The van der Waals surface area contributed by atoms with E-state index in [-0.39, 0.29) is 0 Å². The number of carbonyl (C=O) groups excluding carboxylic acids is 1. The predicted octanol–water partition coefficient (Wildman–Crippen LogP) is 1.30. The molecular formula is C16H17NO6. The van der Waals surface area contributed by atoms with Gasteiger partial charge < -0.3 is 24.6 Å². The molecular weight excluding hydrogens is 302 g/mol. The van der Waals surface area contributed by atoms with Gasteiger partial charge in [0, 0.05) is 6.07 Å². The SMILES string of the molecule is COc1ccc(NC(=O)[C@H]2[C@@H](C(=O)O)[C@@H]3C=C[C@H]2O3)c(OC)c1. The standard InChI is InChI=1S/C16H17NO6/c1-21-8-3-4-9(12(7-8)22-2)17-15(18)13-10-5-6-11(23-10)14(13)16(19)20/h3-7,10-11,13-14H,1-2H3,(H,17,18)(H,19,20)/t10-,11+,13-,14+/m1/s1. The molecule has 0 radical (unpaired) electrons. The summed E-state index contributed by atoms with van der Waals surface area (Å²) in [4.78, 5) is 24.0. The van der Waals surface area contributed by atoms with E-state index in [0.29, 0.717) is 17.2 Å². The Morgan fingerprint density at radius 1 is 1.13 bits per heavy atom. The van der Waals surface area contributed by atoms with Gasteiger partial charge in [0.1, 0.15) is 17.4 Å². The van der Waals surface area contributed by atoms with Crippen molar-refractivity contribution in [1.29, 1.82) is 0 Å². The Hall–Kier alpha value is -2.54. The van der Waals surface area contributed by atoms with E-state index in [4.69, 9.17) is 14.2 Å². The summed E-state index contributed by atoms with van der Waals surface area (Å²) in [6, 6.07) is 4.97. The molecule has 2 aliphatic rings. The lowest BCUT2D eigenvalue weighted by molar-refractivity contribution is -0.145. The highest BCUT2D eigenvalue weighted by Gasteiger charge is 2.53. The zero-order valence-corrected chi connectivity index (χ0v) is 12.7. The van der Waals surface area contributed by atoms with Gasteiger partial charge in [-0.3, -0.25) is 9.59 Å². The first-order valence-corrected chi connectivity index (χ1v) is 7.14. The summed E-state index contributed by atoms with van der Waals surface area (Å²) >= 11 is 0. The smallest absolute Gasteiger partial charge is 0.310 e. The Balaban J connectivity index is 1.82. The van der Waals surface area contributed by atoms with Crippen molar-refractivity contribution >= 4 is 17.6 Å². The molecule has 7 heteroatoms. The quantitative estimate of drug-likeness (QED) is 0.795. The summed E-state index contributed by atoms with van der Waals surface area (Å²) in [6.45, 7) is 0. The Labute approximate surface area is 132 Å². The van der Waals surface area contributed by atoms with Gasteiger partial charge in [-0.2, -0.15) is 0 Å². The summed E-state index contributed by atoms with van der Waals surface area (Å²) in [7, 11) is 3.01. The van der Waals surface area contributed by atoms with Crippen molar-refractivity contribution in [2.75, 3.05) is 19.5 Å². The second-order valence-electron chi connectivity index (χ2n) is 5.40. The Kier molecular flexibility index (Phi) is 3.96. The maximum atomic E-state index is 12.6. The lowest BCUT2D eigenvalue weighted by Gasteiger charge is -2.21. The minimum atomic E-state index is -1.04. The summed E-state index contributed by atoms with van der Waals surface area (Å²) in [5.74, 6) is -2.07. The summed E-state index contributed by atoms with van der Waals surface area (Å²) in [5, 5.41) is 12.1. The van der Waals surface area contributed by atoms with Gasteiger partial charge in [0.05, 0.1) is 38.0 Å². The molecule has 2 bridgehead atoms. The van der Waals surface area contributed by atoms with Crippen LogP contribution in [-0.2, 0) is 14.3 Å². The number of hydrogen-bond acceptors (Lipinski definition) is 5. The number of fused-ring (bicyclic) bond motifs is 2. The lowest BCUT2D eigenvalue weighted by atomic mass is 9.82. The first-order chi connectivity index (χ1) is 11.0. The molecule has 1 aromatic rings. The average Bonchev–Trinajstić information content (AvgIpc) is 3.16. The maximum Gasteiger partial charge on any atom is 0.310 e. The van der Waals surface area contributed by atoms with Gasteiger partial charge in [0.25, 0.3) is 0 Å². The van der Waals surface area contributed by atoms with Crippen molar-refractivity contribution in [3.8, 4) is 11.5 Å². The molecule has 0 unspecified atom stereocenters. The second-order valence-corrected chi connectivity index (χ2v) is 5.40. The molecule has 2 aliphatic heterocycles. The van der Waals surface area contributed by atoms with Crippen LogP contribution in [0.3, 0.4) is 0 Å². The topological polar surface area (TPSA) is 94.1 Å². The zero-order valence-electron chi connectivity index (χ0n) is 12.7. The summed E-state index contributed by atoms with van der Waals surface area (Å²) < 4.78 is 15.8. The number of aliphatic carboxylic acids is 1. The van der Waals surface area contributed by atoms with Gasteiger partial charge in [-0.25, -0.2) is 0 Å². The van der Waals surface area contributed by atoms with Crippen LogP contribution in [0.1, 0.15) is 0 Å². The number of methoxy groups -OCH3 is 2. The zero-order chi connectivity index (χ0) is 16.6. The molecule has 3 rings (SSSR count). The van der Waals surface area contributed by atoms with Crippen molar-refractivity contribution in [2.24, 2.45) is 11.8 Å². The highest BCUT2D eigenvalue weighted by atomic mass is 16.5. The third kappa shape index (κ3) is 2.63. The normalized spacial score (nSPS) is 27.7. The molecule has 1 aromatic carbocycles. The van der Waals surface area contributed by atoms with E-state index in [1.165, 1.54) is 14.2 Å². The van der Waals surface area contributed by atoms with Crippen molar-refractivity contribution in [2.45, 2.75) is 12.2 Å². The van der Waals surface area contributed by atoms with Crippen LogP contribution in [0.25, 0.3) is 0 Å². The van der Waals surface area contributed by atoms with Crippen LogP contribution in [0, 0.1) is 11.8 Å². The molecule has 0 spiro atoms. The third-order valence-electron chi connectivity index (χ3n) is 4.15. The fraction of sp³-hybridized carbons (Fsp3) is 0.375. The monoisotopic (exact) mass is 319 g/mol. The molecule has 1 fully saturated rings. The molecule has 122 valence electrons. The summed E-state index contributed by atoms with van der Waals surface area (Å²) in [5.41, 5.74) is 0.453. The Morgan fingerprint density at radius 2 is 1.83 bits per heavy atom. The van der Waals surface area contributed by atoms with Crippen LogP contribution >= 0.6 is 0 Å².